The predicted octanol–water partition coefficient (Wildman–Crippen LogP) is 2.55. The van der Waals surface area contributed by atoms with Crippen molar-refractivity contribution in [3.05, 3.63) is 54.1 Å². The SMILES string of the molecule is COc1cccc(NC(=O)COc2ccc(C(=O)OCC(=O)NCC(F)(F)F)cc2)c1. The monoisotopic (exact) mass is 440 g/mol. The number of methoxy groups -OCH3 is 1. The number of carbonyl (C=O) groups is 3. The number of amides is 2. The van der Waals surface area contributed by atoms with E-state index in [0.717, 1.165) is 0 Å². The average Bonchev–Trinajstić information content (AvgIpc) is 2.74. The van der Waals surface area contributed by atoms with Crippen LogP contribution in [0.3, 0.4) is 0 Å². The number of hydrogen-bond acceptors (Lipinski definition) is 6. The highest BCUT2D eigenvalue weighted by Gasteiger charge is 2.27. The molecule has 0 aromatic heterocycles. The van der Waals surface area contributed by atoms with Crippen LogP contribution in [0.1, 0.15) is 10.4 Å². The van der Waals surface area contributed by atoms with Gasteiger partial charge in [0.1, 0.15) is 18.0 Å². The highest BCUT2D eigenvalue weighted by atomic mass is 19.4. The van der Waals surface area contributed by atoms with E-state index >= 15 is 0 Å². The molecule has 2 aromatic carbocycles. The molecule has 0 saturated carbocycles. The first kappa shape index (κ1) is 23.5. The fourth-order valence-corrected chi connectivity index (χ4v) is 2.20. The Bertz CT molecular complexity index is 916. The summed E-state index contributed by atoms with van der Waals surface area (Å²) >= 11 is 0. The molecular formula is C20H19F3N2O6. The van der Waals surface area contributed by atoms with E-state index in [4.69, 9.17) is 9.47 Å². The predicted molar refractivity (Wildman–Crippen MR) is 103 cm³/mol. The second-order valence-corrected chi connectivity index (χ2v) is 6.06. The van der Waals surface area contributed by atoms with Gasteiger partial charge >= 0.3 is 12.1 Å². The van der Waals surface area contributed by atoms with Gasteiger partial charge in [-0.05, 0) is 36.4 Å². The zero-order valence-electron chi connectivity index (χ0n) is 16.3. The van der Waals surface area contributed by atoms with Gasteiger partial charge in [-0.1, -0.05) is 6.07 Å². The van der Waals surface area contributed by atoms with Gasteiger partial charge in [0.2, 0.25) is 0 Å². The summed E-state index contributed by atoms with van der Waals surface area (Å²) in [6, 6.07) is 12.2. The molecule has 0 saturated heterocycles. The normalized spacial score (nSPS) is 10.7. The molecule has 2 rings (SSSR count). The number of esters is 1. The van der Waals surface area contributed by atoms with E-state index in [9.17, 15) is 27.6 Å². The second-order valence-electron chi connectivity index (χ2n) is 6.06. The zero-order chi connectivity index (χ0) is 22.9. The number of benzene rings is 2. The molecule has 0 bridgehead atoms. The number of alkyl halides is 3. The first-order valence-corrected chi connectivity index (χ1v) is 8.83. The van der Waals surface area contributed by atoms with E-state index in [1.54, 1.807) is 29.6 Å². The van der Waals surface area contributed by atoms with Crippen LogP contribution >= 0.6 is 0 Å². The van der Waals surface area contributed by atoms with E-state index in [1.165, 1.54) is 31.4 Å². The molecule has 2 amide bonds. The molecule has 0 spiro atoms. The quantitative estimate of drug-likeness (QED) is 0.581. The molecule has 166 valence electrons. The van der Waals surface area contributed by atoms with Gasteiger partial charge in [0.05, 0.1) is 12.7 Å². The Morgan fingerprint density at radius 1 is 0.935 bits per heavy atom. The minimum absolute atomic E-state index is 0.0526. The molecule has 0 unspecified atom stereocenters. The molecule has 11 heteroatoms. The number of carbonyl (C=O) groups excluding carboxylic acids is 3. The molecule has 31 heavy (non-hydrogen) atoms. The van der Waals surface area contributed by atoms with Crippen molar-refractivity contribution in [2.75, 3.05) is 32.2 Å². The van der Waals surface area contributed by atoms with Crippen LogP contribution in [0, 0.1) is 0 Å². The number of hydrogen-bond donors (Lipinski definition) is 2. The van der Waals surface area contributed by atoms with Gasteiger partial charge in [0, 0.05) is 11.8 Å². The van der Waals surface area contributed by atoms with Gasteiger partial charge in [-0.3, -0.25) is 9.59 Å². The van der Waals surface area contributed by atoms with E-state index in [2.05, 4.69) is 10.1 Å². The van der Waals surface area contributed by atoms with Crippen LogP contribution in [0.4, 0.5) is 18.9 Å². The topological polar surface area (TPSA) is 103 Å². The number of halogens is 3. The van der Waals surface area contributed by atoms with E-state index in [-0.39, 0.29) is 12.2 Å². The van der Waals surface area contributed by atoms with Crippen LogP contribution in [-0.4, -0.2) is 50.8 Å². The Labute approximate surface area is 175 Å². The van der Waals surface area contributed by atoms with Crippen LogP contribution in [0.25, 0.3) is 0 Å². The van der Waals surface area contributed by atoms with Gasteiger partial charge in [-0.15, -0.1) is 0 Å². The Morgan fingerprint density at radius 3 is 2.29 bits per heavy atom. The molecule has 2 aromatic rings. The van der Waals surface area contributed by atoms with Crippen molar-refractivity contribution in [3.63, 3.8) is 0 Å². The largest absolute Gasteiger partial charge is 0.497 e. The van der Waals surface area contributed by atoms with Crippen molar-refractivity contribution in [2.45, 2.75) is 6.18 Å². The van der Waals surface area contributed by atoms with Crippen molar-refractivity contribution in [2.24, 2.45) is 0 Å². The minimum atomic E-state index is -4.56. The van der Waals surface area contributed by atoms with Crippen LogP contribution < -0.4 is 20.1 Å². The molecule has 2 N–H and O–H groups in total. The summed E-state index contributed by atoms with van der Waals surface area (Å²) in [5.41, 5.74) is 0.585. The van der Waals surface area contributed by atoms with Crippen LogP contribution in [0.2, 0.25) is 0 Å². The van der Waals surface area contributed by atoms with Gasteiger partial charge in [0.25, 0.3) is 11.8 Å². The van der Waals surface area contributed by atoms with E-state index in [0.29, 0.717) is 17.2 Å². The summed E-state index contributed by atoms with van der Waals surface area (Å²) < 4.78 is 51.1. The number of ether oxygens (including phenoxy) is 3. The van der Waals surface area contributed by atoms with Crippen LogP contribution in [0.5, 0.6) is 11.5 Å². The molecule has 0 heterocycles. The lowest BCUT2D eigenvalue weighted by molar-refractivity contribution is -0.140. The third-order valence-corrected chi connectivity index (χ3v) is 3.63. The lowest BCUT2D eigenvalue weighted by Gasteiger charge is -2.10. The molecule has 0 aliphatic carbocycles. The van der Waals surface area contributed by atoms with Gasteiger partial charge in [0.15, 0.2) is 13.2 Å². The Hall–Kier alpha value is -3.76. The highest BCUT2D eigenvalue weighted by Crippen LogP contribution is 2.17. The lowest BCUT2D eigenvalue weighted by Crippen LogP contribution is -2.36. The zero-order valence-corrected chi connectivity index (χ0v) is 16.3. The molecule has 0 aliphatic rings. The molecule has 0 aliphatic heterocycles. The first-order valence-electron chi connectivity index (χ1n) is 8.83. The average molecular weight is 440 g/mol. The number of anilines is 1. The van der Waals surface area contributed by atoms with Crippen molar-refractivity contribution >= 4 is 23.5 Å². The van der Waals surface area contributed by atoms with Crippen molar-refractivity contribution in [1.29, 1.82) is 0 Å². The van der Waals surface area contributed by atoms with Crippen molar-refractivity contribution in [3.8, 4) is 11.5 Å². The highest BCUT2D eigenvalue weighted by molar-refractivity contribution is 5.92. The Kier molecular flexibility index (Phi) is 8.24. The Morgan fingerprint density at radius 2 is 1.65 bits per heavy atom. The molecule has 0 fully saturated rings. The van der Waals surface area contributed by atoms with Gasteiger partial charge in [-0.25, -0.2) is 4.79 Å². The fourth-order valence-electron chi connectivity index (χ4n) is 2.20. The van der Waals surface area contributed by atoms with E-state index < -0.39 is 37.1 Å². The lowest BCUT2D eigenvalue weighted by atomic mass is 10.2. The third kappa shape index (κ3) is 8.64. The fraction of sp³-hybridized carbons (Fsp3) is 0.250. The molecule has 0 radical (unpaired) electrons. The summed E-state index contributed by atoms with van der Waals surface area (Å²) in [4.78, 5) is 35.1. The summed E-state index contributed by atoms with van der Waals surface area (Å²) in [7, 11) is 1.51. The summed E-state index contributed by atoms with van der Waals surface area (Å²) in [6.07, 6.45) is -4.56. The molecule has 0 atom stereocenters. The number of nitrogens with one attached hydrogen (secondary N) is 2. The minimum Gasteiger partial charge on any atom is -0.497 e. The first-order chi connectivity index (χ1) is 14.7. The molecule has 8 nitrogen and oxygen atoms in total. The van der Waals surface area contributed by atoms with Crippen LogP contribution in [-0.2, 0) is 14.3 Å². The summed E-state index contributed by atoms with van der Waals surface area (Å²) in [6.45, 7) is -2.65. The summed E-state index contributed by atoms with van der Waals surface area (Å²) in [5, 5.41) is 4.22. The third-order valence-electron chi connectivity index (χ3n) is 3.63. The van der Waals surface area contributed by atoms with Gasteiger partial charge < -0.3 is 24.8 Å². The molecular weight excluding hydrogens is 421 g/mol. The standard InChI is InChI=1S/C20H19F3N2O6/c1-29-16-4-2-3-14(9-16)25-18(27)11-30-15-7-5-13(6-8-15)19(28)31-10-17(26)24-12-20(21,22)23/h2-9H,10-12H2,1H3,(H,24,26)(H,25,27). The maximum Gasteiger partial charge on any atom is 0.405 e. The maximum atomic E-state index is 12.0. The summed E-state index contributed by atoms with van der Waals surface area (Å²) in [5.74, 6) is -1.52. The second kappa shape index (κ2) is 10.9. The van der Waals surface area contributed by atoms with E-state index in [1.807, 2.05) is 0 Å². The number of rotatable bonds is 9. The smallest absolute Gasteiger partial charge is 0.405 e. The van der Waals surface area contributed by atoms with Crippen molar-refractivity contribution < 1.29 is 41.8 Å². The van der Waals surface area contributed by atoms with Crippen molar-refractivity contribution in [1.82, 2.24) is 5.32 Å². The van der Waals surface area contributed by atoms with Crippen LogP contribution in [0.15, 0.2) is 48.5 Å². The maximum absolute atomic E-state index is 12.0. The van der Waals surface area contributed by atoms with Gasteiger partial charge in [-0.2, -0.15) is 13.2 Å². The Balaban J connectivity index is 1.77.